The molecule has 50 heavy (non-hydrogen) atoms. The van der Waals surface area contributed by atoms with E-state index in [1.165, 1.54) is 0 Å². The molecule has 3 aromatic heterocycles. The van der Waals surface area contributed by atoms with Crippen molar-refractivity contribution < 1.29 is 27.4 Å². The van der Waals surface area contributed by atoms with Crippen LogP contribution in [0.2, 0.25) is 0 Å². The summed E-state index contributed by atoms with van der Waals surface area (Å²) in [6.07, 6.45) is 0. The molecule has 10 rings (SSSR count). The molecule has 0 aliphatic carbocycles. The van der Waals surface area contributed by atoms with Crippen LogP contribution in [0.5, 0.6) is 0 Å². The number of aromatic nitrogens is 5. The molecular weight excluding hydrogens is 611 g/mol. The molecule has 0 saturated carbocycles. The summed E-state index contributed by atoms with van der Waals surface area (Å²) < 4.78 is 180. The maximum Gasteiger partial charge on any atom is 0.238 e. The Morgan fingerprint density at radius 2 is 0.900 bits per heavy atom. The predicted octanol–water partition coefficient (Wildman–Crippen LogP) is 11.1. The molecule has 5 heteroatoms. The van der Waals surface area contributed by atoms with Gasteiger partial charge in [-0.3, -0.25) is 4.57 Å². The molecule has 0 N–H and O–H groups in total. The summed E-state index contributed by atoms with van der Waals surface area (Å²) in [7, 11) is 0. The Bertz CT molecular complexity index is 3870. The third-order valence-electron chi connectivity index (χ3n) is 8.18. The number of hydrogen-bond acceptors (Lipinski definition) is 3. The van der Waals surface area contributed by atoms with E-state index in [2.05, 4.69) is 4.98 Å². The third kappa shape index (κ3) is 4.52. The second kappa shape index (κ2) is 11.4. The molecule has 0 amide bonds. The van der Waals surface area contributed by atoms with Crippen LogP contribution in [0.1, 0.15) is 27.4 Å². The molecule has 0 radical (unpaired) electrons. The van der Waals surface area contributed by atoms with E-state index in [1.54, 1.807) is 24.3 Å². The van der Waals surface area contributed by atoms with E-state index < -0.39 is 155 Å². The van der Waals surface area contributed by atoms with Crippen LogP contribution in [0.25, 0.3) is 89.2 Å². The quantitative estimate of drug-likeness (QED) is 0.185. The van der Waals surface area contributed by atoms with Gasteiger partial charge in [0.25, 0.3) is 0 Å². The first kappa shape index (κ1) is 14.7. The highest BCUT2D eigenvalue weighted by atomic mass is 15.2. The fourth-order valence-electron chi connectivity index (χ4n) is 6.00. The molecule has 5 nitrogen and oxygen atoms in total. The standard InChI is InChI=1S/C45H29N5/c1-2-14-30(15-3-1)31-16-12-17-32(28-31)43-46-44(48-45(47-43)50-41-26-10-6-22-37(41)38-23-7-11-27-42(38)50)33-18-13-19-34(29-33)49-39-24-8-4-20-35(39)36-21-5-9-25-40(36)49/h1-29H/i4D,5D,6D,7D,8D,9D,10D,11D,13D,18D,19D,20D,21D,22D,23D,24D,25D,26D,27D,29D. The number of fused-ring (bicyclic) bond motifs is 6. The minimum atomic E-state index is -0.882. The van der Waals surface area contributed by atoms with E-state index in [0.717, 1.165) is 14.7 Å². The van der Waals surface area contributed by atoms with Crippen LogP contribution in [0.3, 0.4) is 0 Å². The monoisotopic (exact) mass is 659 g/mol. The fourth-order valence-corrected chi connectivity index (χ4v) is 6.00. The van der Waals surface area contributed by atoms with Gasteiger partial charge < -0.3 is 4.57 Å². The summed E-state index contributed by atoms with van der Waals surface area (Å²) in [5.41, 5.74) is -1.26. The molecule has 0 spiro atoms. The van der Waals surface area contributed by atoms with Crippen LogP contribution < -0.4 is 0 Å². The van der Waals surface area contributed by atoms with Crippen molar-refractivity contribution in [3.05, 3.63) is 175 Å². The average Bonchev–Trinajstić information content (AvgIpc) is 3.91. The van der Waals surface area contributed by atoms with Gasteiger partial charge in [0.05, 0.1) is 49.5 Å². The molecule has 0 atom stereocenters. The summed E-state index contributed by atoms with van der Waals surface area (Å²) in [5, 5.41) is -1.36. The van der Waals surface area contributed by atoms with Crippen LogP contribution in [-0.4, -0.2) is 24.1 Å². The Labute approximate surface area is 316 Å². The van der Waals surface area contributed by atoms with Crippen molar-refractivity contribution in [3.8, 4) is 45.5 Å². The number of hydrogen-bond donors (Lipinski definition) is 0. The molecule has 7 aromatic carbocycles. The van der Waals surface area contributed by atoms with Gasteiger partial charge in [0.15, 0.2) is 11.6 Å². The molecule has 0 unspecified atom stereocenters. The number of para-hydroxylation sites is 4. The van der Waals surface area contributed by atoms with Crippen molar-refractivity contribution in [2.24, 2.45) is 0 Å². The highest BCUT2D eigenvalue weighted by molar-refractivity contribution is 6.10. The Morgan fingerprint density at radius 1 is 0.400 bits per heavy atom. The molecule has 234 valence electrons. The topological polar surface area (TPSA) is 48.5 Å². The van der Waals surface area contributed by atoms with Crippen molar-refractivity contribution in [1.82, 2.24) is 24.1 Å². The Balaban J connectivity index is 1.40. The van der Waals surface area contributed by atoms with Gasteiger partial charge in [0, 0.05) is 38.4 Å². The molecule has 0 fully saturated rings. The average molecular weight is 660 g/mol. The molecule has 0 aliphatic heterocycles. The van der Waals surface area contributed by atoms with E-state index in [0.29, 0.717) is 5.56 Å². The first-order valence-electron chi connectivity index (χ1n) is 25.2. The van der Waals surface area contributed by atoms with E-state index in [9.17, 15) is 4.11 Å². The number of benzene rings is 7. The van der Waals surface area contributed by atoms with Crippen LogP contribution >= 0.6 is 0 Å². The van der Waals surface area contributed by atoms with Crippen LogP contribution in [0.15, 0.2) is 175 Å². The van der Waals surface area contributed by atoms with Gasteiger partial charge in [-0.1, -0.05) is 133 Å². The lowest BCUT2D eigenvalue weighted by molar-refractivity contribution is 0.953. The lowest BCUT2D eigenvalue weighted by Gasteiger charge is -2.13. The highest BCUT2D eigenvalue weighted by Gasteiger charge is 2.19. The molecule has 10 aromatic rings. The molecule has 0 aliphatic rings. The van der Waals surface area contributed by atoms with Crippen LogP contribution in [-0.2, 0) is 0 Å². The van der Waals surface area contributed by atoms with Gasteiger partial charge in [-0.25, -0.2) is 4.98 Å². The largest absolute Gasteiger partial charge is 0.309 e. The lowest BCUT2D eigenvalue weighted by Crippen LogP contribution is -2.06. The molecule has 3 heterocycles. The van der Waals surface area contributed by atoms with Gasteiger partial charge >= 0.3 is 0 Å². The second-order valence-corrected chi connectivity index (χ2v) is 11.0. The minimum Gasteiger partial charge on any atom is -0.309 e. The van der Waals surface area contributed by atoms with Crippen molar-refractivity contribution in [1.29, 1.82) is 0 Å². The Hall–Kier alpha value is -6.85. The van der Waals surface area contributed by atoms with Crippen molar-refractivity contribution in [2.45, 2.75) is 0 Å². The highest BCUT2D eigenvalue weighted by Crippen LogP contribution is 2.35. The SMILES string of the molecule is [2H]c1c([2H])c(-c2nc(-c3cccc(-c4ccccc4)c3)nc(-n3c4c([2H])c([2H])c([2H])c([2H])c4c4c([2H])c([2H])c([2H])c([2H])c43)n2)c([2H])c(-n2c3c([2H])c([2H])c([2H])c([2H])c3c3c([2H])c([2H])c([2H])c([2H])c32)c1[2H]. The van der Waals surface area contributed by atoms with E-state index in [1.807, 2.05) is 30.3 Å². The third-order valence-corrected chi connectivity index (χ3v) is 8.18. The normalized spacial score (nSPS) is 17.2. The smallest absolute Gasteiger partial charge is 0.238 e. The first-order chi connectivity index (χ1) is 33.1. The molecular formula is C45H29N5. The summed E-state index contributed by atoms with van der Waals surface area (Å²) in [6, 6.07) is 1.01. The summed E-state index contributed by atoms with van der Waals surface area (Å²) in [4.78, 5) is 14.1. The lowest BCUT2D eigenvalue weighted by atomic mass is 10.0. The number of nitrogens with zero attached hydrogens (tertiary/aromatic N) is 5. The van der Waals surface area contributed by atoms with Gasteiger partial charge in [0.2, 0.25) is 5.95 Å². The van der Waals surface area contributed by atoms with Crippen molar-refractivity contribution in [3.63, 3.8) is 0 Å². The fraction of sp³-hybridized carbons (Fsp3) is 0. The summed E-state index contributed by atoms with van der Waals surface area (Å²) >= 11 is 0. The Morgan fingerprint density at radius 3 is 1.50 bits per heavy atom. The van der Waals surface area contributed by atoms with E-state index in [-0.39, 0.29) is 44.0 Å². The maximum absolute atomic E-state index is 9.85. The van der Waals surface area contributed by atoms with Crippen molar-refractivity contribution >= 4 is 43.6 Å². The minimum absolute atomic E-state index is 0.212. The van der Waals surface area contributed by atoms with Crippen LogP contribution in [0, 0.1) is 0 Å². The van der Waals surface area contributed by atoms with Crippen molar-refractivity contribution in [2.75, 3.05) is 0 Å². The summed E-state index contributed by atoms with van der Waals surface area (Å²) in [5.74, 6) is -1.34. The maximum atomic E-state index is 9.85. The van der Waals surface area contributed by atoms with Gasteiger partial charge in [-0.2, -0.15) is 9.97 Å². The van der Waals surface area contributed by atoms with E-state index >= 15 is 0 Å². The zero-order valence-corrected chi connectivity index (χ0v) is 25.4. The zero-order chi connectivity index (χ0) is 50.4. The molecule has 0 saturated heterocycles. The second-order valence-electron chi connectivity index (χ2n) is 11.0. The summed E-state index contributed by atoms with van der Waals surface area (Å²) in [6.45, 7) is 0. The molecule has 0 bridgehead atoms. The zero-order valence-electron chi connectivity index (χ0n) is 45.4. The number of rotatable bonds is 5. The van der Waals surface area contributed by atoms with E-state index in [4.69, 9.17) is 33.3 Å². The van der Waals surface area contributed by atoms with Gasteiger partial charge in [-0.05, 0) is 53.4 Å². The van der Waals surface area contributed by atoms with Crippen LogP contribution in [0.4, 0.5) is 0 Å². The first-order valence-corrected chi connectivity index (χ1v) is 15.2. The van der Waals surface area contributed by atoms with Gasteiger partial charge in [-0.15, -0.1) is 0 Å². The Kier molecular flexibility index (Phi) is 3.36. The van der Waals surface area contributed by atoms with Gasteiger partial charge in [0.1, 0.15) is 0 Å². The predicted molar refractivity (Wildman–Crippen MR) is 205 cm³/mol.